The van der Waals surface area contributed by atoms with E-state index < -0.39 is 6.04 Å². The molecule has 2 aliphatic rings. The third-order valence-electron chi connectivity index (χ3n) is 4.57. The van der Waals surface area contributed by atoms with Gasteiger partial charge in [-0.05, 0) is 19.3 Å². The van der Waals surface area contributed by atoms with E-state index in [2.05, 4.69) is 0 Å². The Labute approximate surface area is 133 Å². The van der Waals surface area contributed by atoms with E-state index in [4.69, 9.17) is 5.73 Å². The first-order chi connectivity index (χ1) is 9.58. The number of carbonyl (C=O) groups excluding carboxylic acids is 2. The largest absolute Gasteiger partial charge is 0.339 e. The Morgan fingerprint density at radius 1 is 1.10 bits per heavy atom. The number of rotatable bonds is 4. The lowest BCUT2D eigenvalue weighted by atomic mass is 10.0. The van der Waals surface area contributed by atoms with Gasteiger partial charge in [0.25, 0.3) is 0 Å². The van der Waals surface area contributed by atoms with E-state index in [0.29, 0.717) is 32.6 Å². The fraction of sp³-hybridized carbons (Fsp3) is 0.867. The Balaban J connectivity index is 0.00000220. The van der Waals surface area contributed by atoms with Crippen LogP contribution in [-0.2, 0) is 9.59 Å². The van der Waals surface area contributed by atoms with Gasteiger partial charge < -0.3 is 15.5 Å². The van der Waals surface area contributed by atoms with E-state index in [0.717, 1.165) is 12.3 Å². The van der Waals surface area contributed by atoms with E-state index in [1.54, 1.807) is 11.8 Å². The fourth-order valence-corrected chi connectivity index (χ4v) is 3.25. The summed E-state index contributed by atoms with van der Waals surface area (Å²) in [6, 6.07) is -0.445. The minimum atomic E-state index is -0.445. The molecule has 2 N–H and O–H groups in total. The molecule has 0 bridgehead atoms. The molecule has 1 aliphatic heterocycles. The zero-order valence-electron chi connectivity index (χ0n) is 12.9. The minimum absolute atomic E-state index is 0. The van der Waals surface area contributed by atoms with Crippen molar-refractivity contribution >= 4 is 24.2 Å². The number of hydrogen-bond donors (Lipinski definition) is 1. The molecule has 0 aromatic rings. The molecular weight excluding hydrogens is 290 g/mol. The van der Waals surface area contributed by atoms with Crippen LogP contribution in [0, 0.1) is 5.92 Å². The normalized spacial score (nSPS) is 21.0. The first-order valence-corrected chi connectivity index (χ1v) is 7.90. The van der Waals surface area contributed by atoms with Crippen molar-refractivity contribution in [3.05, 3.63) is 0 Å². The third-order valence-corrected chi connectivity index (χ3v) is 4.57. The third kappa shape index (κ3) is 5.15. The van der Waals surface area contributed by atoms with Crippen LogP contribution in [0.1, 0.15) is 45.4 Å². The van der Waals surface area contributed by atoms with E-state index >= 15 is 0 Å². The highest BCUT2D eigenvalue weighted by Crippen LogP contribution is 2.28. The lowest BCUT2D eigenvalue weighted by molar-refractivity contribution is -0.140. The molecule has 6 heteroatoms. The van der Waals surface area contributed by atoms with Crippen LogP contribution in [0.5, 0.6) is 0 Å². The zero-order chi connectivity index (χ0) is 14.5. The second-order valence-corrected chi connectivity index (χ2v) is 6.18. The van der Waals surface area contributed by atoms with Gasteiger partial charge >= 0.3 is 0 Å². The number of halogens is 1. The van der Waals surface area contributed by atoms with Gasteiger partial charge in [-0.15, -0.1) is 12.4 Å². The van der Waals surface area contributed by atoms with Crippen molar-refractivity contribution in [1.82, 2.24) is 9.80 Å². The first kappa shape index (κ1) is 18.2. The highest BCUT2D eigenvalue weighted by Gasteiger charge is 2.26. The lowest BCUT2D eigenvalue weighted by Crippen LogP contribution is -2.53. The molecule has 0 radical (unpaired) electrons. The quantitative estimate of drug-likeness (QED) is 0.852. The monoisotopic (exact) mass is 317 g/mol. The van der Waals surface area contributed by atoms with Crippen molar-refractivity contribution < 1.29 is 9.59 Å². The maximum Gasteiger partial charge on any atom is 0.239 e. The van der Waals surface area contributed by atoms with Crippen LogP contribution < -0.4 is 5.73 Å². The maximum atomic E-state index is 12.2. The van der Waals surface area contributed by atoms with Crippen molar-refractivity contribution in [2.75, 3.05) is 26.2 Å². The van der Waals surface area contributed by atoms with Gasteiger partial charge in [0.05, 0.1) is 6.04 Å². The zero-order valence-corrected chi connectivity index (χ0v) is 13.7. The van der Waals surface area contributed by atoms with Crippen LogP contribution in [0.15, 0.2) is 0 Å². The van der Waals surface area contributed by atoms with E-state index in [9.17, 15) is 9.59 Å². The topological polar surface area (TPSA) is 66.6 Å². The molecule has 0 unspecified atom stereocenters. The SMILES string of the molecule is C[C@H](N)C(=O)N1CCN(C(=O)CCC2CCCC2)CC1.Cl. The maximum absolute atomic E-state index is 12.2. The van der Waals surface area contributed by atoms with E-state index in [-0.39, 0.29) is 24.2 Å². The van der Waals surface area contributed by atoms with Gasteiger partial charge in [-0.2, -0.15) is 0 Å². The molecule has 1 saturated carbocycles. The molecule has 2 amide bonds. The number of nitrogens with zero attached hydrogens (tertiary/aromatic N) is 2. The van der Waals surface area contributed by atoms with Crippen molar-refractivity contribution in [2.45, 2.75) is 51.5 Å². The van der Waals surface area contributed by atoms with Gasteiger partial charge in [-0.3, -0.25) is 9.59 Å². The van der Waals surface area contributed by atoms with E-state index in [1.165, 1.54) is 25.7 Å². The van der Waals surface area contributed by atoms with Crippen LogP contribution in [0.4, 0.5) is 0 Å². The van der Waals surface area contributed by atoms with Crippen LogP contribution in [0.25, 0.3) is 0 Å². The Morgan fingerprint density at radius 3 is 2.14 bits per heavy atom. The fourth-order valence-electron chi connectivity index (χ4n) is 3.25. The van der Waals surface area contributed by atoms with Crippen LogP contribution in [-0.4, -0.2) is 53.8 Å². The van der Waals surface area contributed by atoms with Crippen molar-refractivity contribution in [1.29, 1.82) is 0 Å². The molecule has 21 heavy (non-hydrogen) atoms. The molecule has 1 atom stereocenters. The molecule has 122 valence electrons. The Bertz CT molecular complexity index is 349. The van der Waals surface area contributed by atoms with Gasteiger partial charge in [-0.1, -0.05) is 25.7 Å². The molecule has 1 heterocycles. The molecule has 0 aromatic carbocycles. The smallest absolute Gasteiger partial charge is 0.239 e. The van der Waals surface area contributed by atoms with Crippen molar-refractivity contribution in [2.24, 2.45) is 11.7 Å². The summed E-state index contributed by atoms with van der Waals surface area (Å²) >= 11 is 0. The Hall–Kier alpha value is -0.810. The van der Waals surface area contributed by atoms with Crippen molar-refractivity contribution in [3.63, 3.8) is 0 Å². The summed E-state index contributed by atoms with van der Waals surface area (Å²) < 4.78 is 0. The van der Waals surface area contributed by atoms with Gasteiger partial charge in [0.15, 0.2) is 0 Å². The summed E-state index contributed by atoms with van der Waals surface area (Å²) in [4.78, 5) is 27.6. The van der Waals surface area contributed by atoms with E-state index in [1.807, 2.05) is 4.90 Å². The molecule has 2 rings (SSSR count). The highest BCUT2D eigenvalue weighted by molar-refractivity contribution is 5.85. The molecule has 0 spiro atoms. The average molecular weight is 318 g/mol. The molecule has 1 aliphatic carbocycles. The molecule has 1 saturated heterocycles. The number of piperazine rings is 1. The number of amides is 2. The molecule has 0 aromatic heterocycles. The summed E-state index contributed by atoms with van der Waals surface area (Å²) in [7, 11) is 0. The number of hydrogen-bond acceptors (Lipinski definition) is 3. The van der Waals surface area contributed by atoms with Crippen molar-refractivity contribution in [3.8, 4) is 0 Å². The molecule has 5 nitrogen and oxygen atoms in total. The summed E-state index contributed by atoms with van der Waals surface area (Å²) in [6.07, 6.45) is 6.96. The minimum Gasteiger partial charge on any atom is -0.339 e. The Kier molecular flexibility index (Phi) is 7.46. The van der Waals surface area contributed by atoms with Gasteiger partial charge in [-0.25, -0.2) is 0 Å². The van der Waals surface area contributed by atoms with Gasteiger partial charge in [0.1, 0.15) is 0 Å². The standard InChI is InChI=1S/C15H27N3O2.ClH/c1-12(16)15(20)18-10-8-17(9-11-18)14(19)7-6-13-4-2-3-5-13;/h12-13H,2-11,16H2,1H3;1H/t12-;/m0./s1. The predicted molar refractivity (Wildman–Crippen MR) is 85.2 cm³/mol. The van der Waals surface area contributed by atoms with Crippen LogP contribution in [0.3, 0.4) is 0 Å². The summed E-state index contributed by atoms with van der Waals surface area (Å²) in [6.45, 7) is 4.26. The first-order valence-electron chi connectivity index (χ1n) is 7.90. The lowest BCUT2D eigenvalue weighted by Gasteiger charge is -2.35. The predicted octanol–water partition coefficient (Wildman–Crippen LogP) is 1.40. The molecular formula is C15H28ClN3O2. The van der Waals surface area contributed by atoms with Crippen LogP contribution in [0.2, 0.25) is 0 Å². The molecule has 2 fully saturated rings. The summed E-state index contributed by atoms with van der Waals surface area (Å²) in [5.41, 5.74) is 5.61. The average Bonchev–Trinajstić information content (AvgIpc) is 2.97. The Morgan fingerprint density at radius 2 is 1.62 bits per heavy atom. The summed E-state index contributed by atoms with van der Waals surface area (Å²) in [5.74, 6) is 1.01. The second kappa shape index (κ2) is 8.59. The summed E-state index contributed by atoms with van der Waals surface area (Å²) in [5, 5.41) is 0. The number of carbonyl (C=O) groups is 2. The van der Waals surface area contributed by atoms with Gasteiger partial charge in [0.2, 0.25) is 11.8 Å². The highest BCUT2D eigenvalue weighted by atomic mass is 35.5. The van der Waals surface area contributed by atoms with Crippen LogP contribution >= 0.6 is 12.4 Å². The number of nitrogens with two attached hydrogens (primary N) is 1. The van der Waals surface area contributed by atoms with Gasteiger partial charge in [0, 0.05) is 32.6 Å². The second-order valence-electron chi connectivity index (χ2n) is 6.18.